The van der Waals surface area contributed by atoms with Crippen LogP contribution in [0.25, 0.3) is 0 Å². The van der Waals surface area contributed by atoms with Crippen molar-refractivity contribution in [1.82, 2.24) is 14.6 Å². The van der Waals surface area contributed by atoms with Crippen molar-refractivity contribution in [2.75, 3.05) is 6.54 Å². The molecule has 1 amide bonds. The van der Waals surface area contributed by atoms with Crippen LogP contribution in [0.15, 0.2) is 53.6 Å². The fourth-order valence-electron chi connectivity index (χ4n) is 4.01. The molecule has 0 radical (unpaired) electrons. The predicted molar refractivity (Wildman–Crippen MR) is 97.1 cm³/mol. The molecule has 1 saturated carbocycles. The van der Waals surface area contributed by atoms with Gasteiger partial charge in [-0.3, -0.25) is 9.78 Å². The molecule has 1 saturated heterocycles. The van der Waals surface area contributed by atoms with Gasteiger partial charge in [-0.2, -0.15) is 0 Å². The van der Waals surface area contributed by atoms with Gasteiger partial charge in [0.05, 0.1) is 10.5 Å². The first-order valence-corrected chi connectivity index (χ1v) is 10.2. The van der Waals surface area contributed by atoms with Crippen molar-refractivity contribution in [3.8, 4) is 0 Å². The van der Waals surface area contributed by atoms with Crippen molar-refractivity contribution in [1.29, 1.82) is 0 Å². The molecule has 1 N–H and O–H groups in total. The van der Waals surface area contributed by atoms with Crippen molar-refractivity contribution in [2.45, 2.75) is 36.7 Å². The third-order valence-corrected chi connectivity index (χ3v) is 6.77. The number of rotatable bonds is 4. The minimum Gasteiger partial charge on any atom is -0.334 e. The SMILES string of the molecule is Cc1ccc(C(=O)N2C[C@@H]3C[C@H](NS(=O)(=O)c4ccccc4)[C@H]2C3)cn1. The summed E-state index contributed by atoms with van der Waals surface area (Å²) in [5, 5.41) is 0. The molecule has 1 aromatic heterocycles. The van der Waals surface area contributed by atoms with Gasteiger partial charge in [-0.15, -0.1) is 0 Å². The summed E-state index contributed by atoms with van der Waals surface area (Å²) in [6.45, 7) is 2.56. The van der Waals surface area contributed by atoms with Gasteiger partial charge < -0.3 is 4.90 Å². The lowest BCUT2D eigenvalue weighted by molar-refractivity contribution is 0.0677. The number of nitrogens with zero attached hydrogens (tertiary/aromatic N) is 2. The summed E-state index contributed by atoms with van der Waals surface area (Å²) in [7, 11) is -3.59. The maximum absolute atomic E-state index is 12.8. The highest BCUT2D eigenvalue weighted by molar-refractivity contribution is 7.89. The number of amides is 1. The number of piperidine rings is 1. The Balaban J connectivity index is 1.52. The molecule has 1 aliphatic carbocycles. The van der Waals surface area contributed by atoms with E-state index in [-0.39, 0.29) is 22.9 Å². The smallest absolute Gasteiger partial charge is 0.255 e. The average molecular weight is 371 g/mol. The van der Waals surface area contributed by atoms with Gasteiger partial charge in [0, 0.05) is 30.5 Å². The molecule has 4 rings (SSSR count). The van der Waals surface area contributed by atoms with Gasteiger partial charge in [0.25, 0.3) is 5.91 Å². The van der Waals surface area contributed by atoms with Crippen LogP contribution in [0.3, 0.4) is 0 Å². The molecule has 26 heavy (non-hydrogen) atoms. The molecular formula is C19H21N3O3S. The lowest BCUT2D eigenvalue weighted by atomic mass is 10.1. The minimum atomic E-state index is -3.59. The van der Waals surface area contributed by atoms with Crippen molar-refractivity contribution in [3.05, 3.63) is 59.9 Å². The minimum absolute atomic E-state index is 0.0754. The molecule has 7 heteroatoms. The third-order valence-electron chi connectivity index (χ3n) is 5.26. The van der Waals surface area contributed by atoms with Crippen LogP contribution < -0.4 is 4.72 Å². The van der Waals surface area contributed by atoms with Gasteiger partial charge in [0.1, 0.15) is 0 Å². The van der Waals surface area contributed by atoms with E-state index in [9.17, 15) is 13.2 Å². The summed E-state index contributed by atoms with van der Waals surface area (Å²) < 4.78 is 28.1. The van der Waals surface area contributed by atoms with Gasteiger partial charge in [0.2, 0.25) is 10.0 Å². The van der Waals surface area contributed by atoms with Crippen LogP contribution in [0.5, 0.6) is 0 Å². The molecule has 3 atom stereocenters. The van der Waals surface area contributed by atoms with E-state index in [2.05, 4.69) is 9.71 Å². The predicted octanol–water partition coefficient (Wildman–Crippen LogP) is 1.97. The molecule has 2 heterocycles. The largest absolute Gasteiger partial charge is 0.334 e. The maximum Gasteiger partial charge on any atom is 0.255 e. The van der Waals surface area contributed by atoms with E-state index in [0.29, 0.717) is 18.0 Å². The van der Waals surface area contributed by atoms with Crippen LogP contribution in [0.4, 0.5) is 0 Å². The second-order valence-corrected chi connectivity index (χ2v) is 8.81. The number of aromatic nitrogens is 1. The van der Waals surface area contributed by atoms with Crippen LogP contribution >= 0.6 is 0 Å². The zero-order valence-electron chi connectivity index (χ0n) is 14.5. The number of sulfonamides is 1. The first kappa shape index (κ1) is 17.2. The average Bonchev–Trinajstić information content (AvgIpc) is 3.22. The maximum atomic E-state index is 12.8. The second kappa shape index (κ2) is 6.48. The zero-order chi connectivity index (χ0) is 18.3. The van der Waals surface area contributed by atoms with Crippen LogP contribution in [0, 0.1) is 12.8 Å². The van der Waals surface area contributed by atoms with Gasteiger partial charge >= 0.3 is 0 Å². The quantitative estimate of drug-likeness (QED) is 0.891. The van der Waals surface area contributed by atoms with Gasteiger partial charge in [-0.1, -0.05) is 18.2 Å². The highest BCUT2D eigenvalue weighted by atomic mass is 32.2. The first-order valence-electron chi connectivity index (χ1n) is 8.75. The van der Waals surface area contributed by atoms with E-state index < -0.39 is 10.0 Å². The molecule has 1 aliphatic heterocycles. The monoisotopic (exact) mass is 371 g/mol. The lowest BCUT2D eigenvalue weighted by Crippen LogP contribution is -2.51. The standard InChI is InChI=1S/C19H21N3O3S/c1-13-7-8-15(11-20-13)19(23)22-12-14-9-17(18(22)10-14)21-26(24,25)16-5-3-2-4-6-16/h2-8,11,14,17-18,21H,9-10,12H2,1H3/t14-,17+,18-/m1/s1. The summed E-state index contributed by atoms with van der Waals surface area (Å²) in [4.78, 5) is 19.1. The van der Waals surface area contributed by atoms with Crippen LogP contribution in [0.2, 0.25) is 0 Å². The molecule has 2 aromatic rings. The van der Waals surface area contributed by atoms with E-state index in [1.54, 1.807) is 47.5 Å². The van der Waals surface area contributed by atoms with Crippen molar-refractivity contribution >= 4 is 15.9 Å². The van der Waals surface area contributed by atoms with E-state index in [0.717, 1.165) is 18.5 Å². The van der Waals surface area contributed by atoms with E-state index in [1.807, 2.05) is 13.0 Å². The highest BCUT2D eigenvalue weighted by Gasteiger charge is 2.48. The molecule has 6 nitrogen and oxygen atoms in total. The molecule has 0 spiro atoms. The Morgan fingerprint density at radius 2 is 1.92 bits per heavy atom. The Morgan fingerprint density at radius 3 is 2.58 bits per heavy atom. The lowest BCUT2D eigenvalue weighted by Gasteiger charge is -2.33. The normalized spacial score (nSPS) is 24.8. The summed E-state index contributed by atoms with van der Waals surface area (Å²) in [5.41, 5.74) is 1.41. The molecule has 2 aliphatic rings. The number of nitrogens with one attached hydrogen (secondary N) is 1. The molecule has 0 unspecified atom stereocenters. The highest BCUT2D eigenvalue weighted by Crippen LogP contribution is 2.39. The first-order chi connectivity index (χ1) is 12.4. The Morgan fingerprint density at radius 1 is 1.15 bits per heavy atom. The van der Waals surface area contributed by atoms with E-state index >= 15 is 0 Å². The summed E-state index contributed by atoms with van der Waals surface area (Å²) in [6, 6.07) is 11.6. The number of carbonyl (C=O) groups excluding carboxylic acids is 1. The summed E-state index contributed by atoms with van der Waals surface area (Å²) >= 11 is 0. The van der Waals surface area contributed by atoms with Crippen LogP contribution in [0.1, 0.15) is 28.9 Å². The number of benzene rings is 1. The van der Waals surface area contributed by atoms with Crippen molar-refractivity contribution in [3.63, 3.8) is 0 Å². The van der Waals surface area contributed by atoms with Crippen LogP contribution in [-0.2, 0) is 10.0 Å². The number of aryl methyl sites for hydroxylation is 1. The molecule has 1 aromatic carbocycles. The van der Waals surface area contributed by atoms with E-state index in [1.165, 1.54) is 0 Å². The number of likely N-dealkylation sites (tertiary alicyclic amines) is 1. The number of carbonyl (C=O) groups is 1. The zero-order valence-corrected chi connectivity index (χ0v) is 15.3. The number of hydrogen-bond donors (Lipinski definition) is 1. The Hall–Kier alpha value is -2.25. The fraction of sp³-hybridized carbons (Fsp3) is 0.368. The molecule has 2 bridgehead atoms. The van der Waals surface area contributed by atoms with Gasteiger partial charge in [-0.25, -0.2) is 13.1 Å². The molecule has 136 valence electrons. The topological polar surface area (TPSA) is 79.4 Å². The van der Waals surface area contributed by atoms with Gasteiger partial charge in [0.15, 0.2) is 0 Å². The molecule has 2 fully saturated rings. The Labute approximate surface area is 153 Å². The number of hydrogen-bond acceptors (Lipinski definition) is 4. The number of fused-ring (bicyclic) bond motifs is 2. The van der Waals surface area contributed by atoms with Crippen LogP contribution in [-0.4, -0.2) is 42.8 Å². The third kappa shape index (κ3) is 3.12. The fourth-order valence-corrected chi connectivity index (χ4v) is 5.32. The number of pyridine rings is 1. The summed E-state index contributed by atoms with van der Waals surface area (Å²) in [6.07, 6.45) is 3.20. The van der Waals surface area contributed by atoms with E-state index in [4.69, 9.17) is 0 Å². The van der Waals surface area contributed by atoms with Gasteiger partial charge in [-0.05, 0) is 49.9 Å². The van der Waals surface area contributed by atoms with Crippen molar-refractivity contribution in [2.24, 2.45) is 5.92 Å². The second-order valence-electron chi connectivity index (χ2n) is 7.09. The Bertz CT molecular complexity index is 913. The Kier molecular flexibility index (Phi) is 4.28. The summed E-state index contributed by atoms with van der Waals surface area (Å²) in [5.74, 6) is 0.263. The van der Waals surface area contributed by atoms with Crippen molar-refractivity contribution < 1.29 is 13.2 Å². The molecular weight excluding hydrogens is 350 g/mol.